The van der Waals surface area contributed by atoms with Crippen molar-refractivity contribution in [3.8, 4) is 5.75 Å². The normalized spacial score (nSPS) is 18.9. The number of aromatic nitrogens is 1. The Morgan fingerprint density at radius 3 is 3.00 bits per heavy atom. The highest BCUT2D eigenvalue weighted by Gasteiger charge is 2.25. The van der Waals surface area contributed by atoms with Crippen LogP contribution in [0.3, 0.4) is 0 Å². The molecule has 3 rings (SSSR count). The standard InChI is InChI=1S/C16H20N2O2/c1-10-9-17-16(20-10)11(2)18-15-7-5-12-4-6-13(19-3)8-14(12)15/h4,6,8-9,11,15,18H,5,7H2,1-3H3. The van der Waals surface area contributed by atoms with Crippen LogP contribution in [0.5, 0.6) is 5.75 Å². The number of aryl methyl sites for hydroxylation is 2. The van der Waals surface area contributed by atoms with Crippen LogP contribution in [-0.4, -0.2) is 12.1 Å². The molecule has 0 spiro atoms. The molecule has 1 aliphatic rings. The SMILES string of the molecule is COc1ccc2c(c1)C(NC(C)c1ncc(C)o1)CC2. The molecule has 106 valence electrons. The van der Waals surface area contributed by atoms with E-state index in [1.807, 2.05) is 13.0 Å². The van der Waals surface area contributed by atoms with E-state index in [0.717, 1.165) is 30.2 Å². The van der Waals surface area contributed by atoms with E-state index in [2.05, 4.69) is 29.4 Å². The van der Waals surface area contributed by atoms with E-state index >= 15 is 0 Å². The number of nitrogens with zero attached hydrogens (tertiary/aromatic N) is 1. The zero-order valence-corrected chi connectivity index (χ0v) is 12.1. The lowest BCUT2D eigenvalue weighted by molar-refractivity contribution is 0.370. The average Bonchev–Trinajstić information content (AvgIpc) is 3.05. The maximum absolute atomic E-state index is 5.59. The van der Waals surface area contributed by atoms with Gasteiger partial charge >= 0.3 is 0 Å². The fourth-order valence-electron chi connectivity index (χ4n) is 2.83. The van der Waals surface area contributed by atoms with Gasteiger partial charge in [0.2, 0.25) is 5.89 Å². The van der Waals surface area contributed by atoms with Crippen molar-refractivity contribution in [3.05, 3.63) is 47.2 Å². The Balaban J connectivity index is 1.77. The first-order valence-corrected chi connectivity index (χ1v) is 7.02. The smallest absolute Gasteiger partial charge is 0.211 e. The summed E-state index contributed by atoms with van der Waals surface area (Å²) in [6.07, 6.45) is 3.97. The minimum absolute atomic E-state index is 0.103. The summed E-state index contributed by atoms with van der Waals surface area (Å²) in [5.74, 6) is 2.51. The number of benzene rings is 1. The molecule has 0 fully saturated rings. The fourth-order valence-corrected chi connectivity index (χ4v) is 2.83. The molecule has 2 atom stereocenters. The van der Waals surface area contributed by atoms with E-state index in [9.17, 15) is 0 Å². The molecule has 0 amide bonds. The van der Waals surface area contributed by atoms with Crippen LogP contribution in [0.2, 0.25) is 0 Å². The summed E-state index contributed by atoms with van der Waals surface area (Å²) >= 11 is 0. The van der Waals surface area contributed by atoms with Crippen molar-refractivity contribution < 1.29 is 9.15 Å². The Morgan fingerprint density at radius 2 is 2.30 bits per heavy atom. The van der Waals surface area contributed by atoms with Crippen LogP contribution in [0.15, 0.2) is 28.8 Å². The van der Waals surface area contributed by atoms with Gasteiger partial charge < -0.3 is 9.15 Å². The number of fused-ring (bicyclic) bond motifs is 1. The van der Waals surface area contributed by atoms with Crippen molar-refractivity contribution in [2.75, 3.05) is 7.11 Å². The highest BCUT2D eigenvalue weighted by molar-refractivity contribution is 5.40. The summed E-state index contributed by atoms with van der Waals surface area (Å²) in [4.78, 5) is 4.29. The van der Waals surface area contributed by atoms with E-state index in [-0.39, 0.29) is 6.04 Å². The number of nitrogens with one attached hydrogen (secondary N) is 1. The second-order valence-electron chi connectivity index (χ2n) is 5.35. The summed E-state index contributed by atoms with van der Waals surface area (Å²) in [6, 6.07) is 6.76. The predicted molar refractivity (Wildman–Crippen MR) is 76.8 cm³/mol. The molecule has 2 unspecified atom stereocenters. The predicted octanol–water partition coefficient (Wildman–Crippen LogP) is 3.33. The number of oxazole rings is 1. The van der Waals surface area contributed by atoms with Crippen molar-refractivity contribution in [1.29, 1.82) is 0 Å². The molecule has 1 N–H and O–H groups in total. The van der Waals surface area contributed by atoms with Gasteiger partial charge in [0.25, 0.3) is 0 Å². The van der Waals surface area contributed by atoms with Crippen LogP contribution in [0.25, 0.3) is 0 Å². The molecule has 4 nitrogen and oxygen atoms in total. The van der Waals surface area contributed by atoms with Crippen molar-refractivity contribution >= 4 is 0 Å². The van der Waals surface area contributed by atoms with Gasteiger partial charge in [-0.25, -0.2) is 4.98 Å². The average molecular weight is 272 g/mol. The van der Waals surface area contributed by atoms with Crippen LogP contribution in [0, 0.1) is 6.92 Å². The van der Waals surface area contributed by atoms with Gasteiger partial charge in [0.05, 0.1) is 19.3 Å². The highest BCUT2D eigenvalue weighted by atomic mass is 16.5. The van der Waals surface area contributed by atoms with Gasteiger partial charge in [-0.05, 0) is 49.9 Å². The van der Waals surface area contributed by atoms with Crippen molar-refractivity contribution in [1.82, 2.24) is 10.3 Å². The van der Waals surface area contributed by atoms with Gasteiger partial charge in [-0.2, -0.15) is 0 Å². The van der Waals surface area contributed by atoms with Crippen LogP contribution in [0.4, 0.5) is 0 Å². The zero-order valence-electron chi connectivity index (χ0n) is 12.1. The molecule has 4 heteroatoms. The van der Waals surface area contributed by atoms with Gasteiger partial charge in [0.1, 0.15) is 11.5 Å². The Hall–Kier alpha value is -1.81. The third-order valence-corrected chi connectivity index (χ3v) is 3.89. The first kappa shape index (κ1) is 13.2. The minimum atomic E-state index is 0.103. The van der Waals surface area contributed by atoms with Crippen molar-refractivity contribution in [2.24, 2.45) is 0 Å². The van der Waals surface area contributed by atoms with Crippen LogP contribution >= 0.6 is 0 Å². The third-order valence-electron chi connectivity index (χ3n) is 3.89. The number of ether oxygens (including phenoxy) is 1. The van der Waals surface area contributed by atoms with Crippen LogP contribution in [0.1, 0.15) is 48.2 Å². The van der Waals surface area contributed by atoms with E-state index < -0.39 is 0 Å². The molecular weight excluding hydrogens is 252 g/mol. The number of hydrogen-bond donors (Lipinski definition) is 1. The number of rotatable bonds is 4. The van der Waals surface area contributed by atoms with Crippen molar-refractivity contribution in [2.45, 2.75) is 38.8 Å². The third kappa shape index (κ3) is 2.43. The van der Waals surface area contributed by atoms with Crippen molar-refractivity contribution in [3.63, 3.8) is 0 Å². The number of methoxy groups -OCH3 is 1. The molecule has 0 saturated carbocycles. The van der Waals surface area contributed by atoms with E-state index in [1.54, 1.807) is 13.3 Å². The largest absolute Gasteiger partial charge is 0.497 e. The lowest BCUT2D eigenvalue weighted by Crippen LogP contribution is -2.23. The highest BCUT2D eigenvalue weighted by Crippen LogP contribution is 2.35. The van der Waals surface area contributed by atoms with Gasteiger partial charge in [-0.1, -0.05) is 6.07 Å². The molecule has 20 heavy (non-hydrogen) atoms. The fraction of sp³-hybridized carbons (Fsp3) is 0.438. The van der Waals surface area contributed by atoms with Gasteiger partial charge in [-0.15, -0.1) is 0 Å². The van der Waals surface area contributed by atoms with Gasteiger partial charge in [0, 0.05) is 6.04 Å². The second-order valence-corrected chi connectivity index (χ2v) is 5.35. The zero-order chi connectivity index (χ0) is 14.1. The first-order valence-electron chi connectivity index (χ1n) is 7.02. The molecule has 1 heterocycles. The summed E-state index contributed by atoms with van der Waals surface area (Å²) in [5.41, 5.74) is 2.73. The Morgan fingerprint density at radius 1 is 1.45 bits per heavy atom. The molecule has 1 aromatic carbocycles. The topological polar surface area (TPSA) is 47.3 Å². The van der Waals surface area contributed by atoms with Crippen LogP contribution < -0.4 is 10.1 Å². The Bertz CT molecular complexity index is 606. The van der Waals surface area contributed by atoms with E-state index in [0.29, 0.717) is 6.04 Å². The molecule has 1 aliphatic carbocycles. The maximum atomic E-state index is 5.59. The molecule has 1 aromatic heterocycles. The minimum Gasteiger partial charge on any atom is -0.497 e. The summed E-state index contributed by atoms with van der Waals surface area (Å²) in [7, 11) is 1.71. The Labute approximate surface area is 119 Å². The first-order chi connectivity index (χ1) is 9.67. The summed E-state index contributed by atoms with van der Waals surface area (Å²) in [5, 5.41) is 3.60. The number of hydrogen-bond acceptors (Lipinski definition) is 4. The van der Waals surface area contributed by atoms with Gasteiger partial charge in [-0.3, -0.25) is 5.32 Å². The molecule has 2 aromatic rings. The lowest BCUT2D eigenvalue weighted by Gasteiger charge is -2.18. The van der Waals surface area contributed by atoms with Crippen LogP contribution in [-0.2, 0) is 6.42 Å². The monoisotopic (exact) mass is 272 g/mol. The summed E-state index contributed by atoms with van der Waals surface area (Å²) in [6.45, 7) is 4.00. The lowest BCUT2D eigenvalue weighted by atomic mass is 10.1. The Kier molecular flexibility index (Phi) is 3.49. The quantitative estimate of drug-likeness (QED) is 0.927. The van der Waals surface area contributed by atoms with E-state index in [4.69, 9.17) is 9.15 Å². The maximum Gasteiger partial charge on any atom is 0.211 e. The van der Waals surface area contributed by atoms with E-state index in [1.165, 1.54) is 11.1 Å². The molecular formula is C16H20N2O2. The van der Waals surface area contributed by atoms with Gasteiger partial charge in [0.15, 0.2) is 0 Å². The molecule has 0 radical (unpaired) electrons. The molecule has 0 bridgehead atoms. The molecule has 0 aliphatic heterocycles. The molecule has 0 saturated heterocycles. The second kappa shape index (κ2) is 5.29. The summed E-state index contributed by atoms with van der Waals surface area (Å²) < 4.78 is 10.9.